The lowest BCUT2D eigenvalue weighted by molar-refractivity contribution is -0.385. The van der Waals surface area contributed by atoms with Crippen molar-refractivity contribution in [2.75, 3.05) is 7.11 Å². The second kappa shape index (κ2) is 8.50. The predicted molar refractivity (Wildman–Crippen MR) is 102 cm³/mol. The van der Waals surface area contributed by atoms with Crippen LogP contribution in [-0.2, 0) is 13.2 Å². The number of hydrogen-bond acceptors (Lipinski definition) is 7. The van der Waals surface area contributed by atoms with Crippen LogP contribution in [0.5, 0.6) is 17.2 Å². The summed E-state index contributed by atoms with van der Waals surface area (Å²) in [5, 5.41) is 13.6. The smallest absolute Gasteiger partial charge is 0.273 e. The standard InChI is InChI=1S/C19H18N2O5S/c1-13-3-6-16(7-4-13)25-11-19-20-14(12-27-19)10-26-18-9-15(21(22)23)5-8-17(18)24-2/h3-9,12H,10-11H2,1-2H3. The molecule has 0 bridgehead atoms. The van der Waals surface area contributed by atoms with Gasteiger partial charge in [-0.1, -0.05) is 17.7 Å². The molecule has 3 aromatic rings. The van der Waals surface area contributed by atoms with E-state index in [2.05, 4.69) is 4.98 Å². The van der Waals surface area contributed by atoms with Gasteiger partial charge in [0, 0.05) is 11.4 Å². The number of nitrogens with zero attached hydrogens (tertiary/aromatic N) is 2. The summed E-state index contributed by atoms with van der Waals surface area (Å²) in [4.78, 5) is 14.9. The van der Waals surface area contributed by atoms with Gasteiger partial charge in [-0.05, 0) is 25.1 Å². The Kier molecular flexibility index (Phi) is 5.87. The maximum atomic E-state index is 10.9. The molecule has 2 aromatic carbocycles. The third kappa shape index (κ3) is 4.95. The van der Waals surface area contributed by atoms with Crippen molar-refractivity contribution in [3.05, 3.63) is 74.2 Å². The van der Waals surface area contributed by atoms with Gasteiger partial charge in [-0.3, -0.25) is 10.1 Å². The minimum Gasteiger partial charge on any atom is -0.493 e. The molecule has 27 heavy (non-hydrogen) atoms. The van der Waals surface area contributed by atoms with Gasteiger partial charge in [-0.2, -0.15) is 0 Å². The highest BCUT2D eigenvalue weighted by Crippen LogP contribution is 2.31. The average Bonchev–Trinajstić information content (AvgIpc) is 3.13. The van der Waals surface area contributed by atoms with Gasteiger partial charge in [0.2, 0.25) is 0 Å². The van der Waals surface area contributed by atoms with Gasteiger partial charge in [0.15, 0.2) is 11.5 Å². The third-order valence-electron chi connectivity index (χ3n) is 3.72. The molecule has 0 saturated carbocycles. The van der Waals surface area contributed by atoms with Crippen LogP contribution in [-0.4, -0.2) is 17.0 Å². The molecule has 0 aliphatic rings. The lowest BCUT2D eigenvalue weighted by Gasteiger charge is -2.09. The molecule has 3 rings (SSSR count). The molecule has 0 saturated heterocycles. The molecule has 0 aliphatic carbocycles. The number of nitro benzene ring substituents is 1. The monoisotopic (exact) mass is 386 g/mol. The lowest BCUT2D eigenvalue weighted by Crippen LogP contribution is -2.00. The van der Waals surface area contributed by atoms with E-state index in [1.54, 1.807) is 0 Å². The number of thiazole rings is 1. The van der Waals surface area contributed by atoms with Crippen LogP contribution in [0.1, 0.15) is 16.3 Å². The van der Waals surface area contributed by atoms with Gasteiger partial charge in [0.05, 0.1) is 23.8 Å². The van der Waals surface area contributed by atoms with E-state index in [0.717, 1.165) is 16.5 Å². The van der Waals surface area contributed by atoms with E-state index in [9.17, 15) is 10.1 Å². The SMILES string of the molecule is COc1ccc([N+](=O)[O-])cc1OCc1csc(COc2ccc(C)cc2)n1. The number of hydrogen-bond donors (Lipinski definition) is 0. The van der Waals surface area contributed by atoms with Gasteiger partial charge >= 0.3 is 0 Å². The summed E-state index contributed by atoms with van der Waals surface area (Å²) in [5.41, 5.74) is 1.83. The van der Waals surface area contributed by atoms with Crippen LogP contribution in [0.3, 0.4) is 0 Å². The van der Waals surface area contributed by atoms with Crippen molar-refractivity contribution in [3.63, 3.8) is 0 Å². The molecule has 0 amide bonds. The molecule has 0 fully saturated rings. The number of benzene rings is 2. The number of aromatic nitrogens is 1. The van der Waals surface area contributed by atoms with E-state index >= 15 is 0 Å². The van der Waals surface area contributed by atoms with Crippen LogP contribution in [0.4, 0.5) is 5.69 Å². The van der Waals surface area contributed by atoms with E-state index in [0.29, 0.717) is 18.1 Å². The molecule has 0 unspecified atom stereocenters. The highest BCUT2D eigenvalue weighted by Gasteiger charge is 2.13. The molecule has 7 nitrogen and oxygen atoms in total. The minimum absolute atomic E-state index is 0.0590. The average molecular weight is 386 g/mol. The third-order valence-corrected chi connectivity index (χ3v) is 4.59. The summed E-state index contributed by atoms with van der Waals surface area (Å²) >= 11 is 1.47. The Hall–Kier alpha value is -3.13. The Morgan fingerprint density at radius 2 is 1.85 bits per heavy atom. The van der Waals surface area contributed by atoms with Crippen LogP contribution >= 0.6 is 11.3 Å². The summed E-state index contributed by atoms with van der Waals surface area (Å²) in [7, 11) is 1.48. The maximum absolute atomic E-state index is 10.9. The first kappa shape index (κ1) is 18.7. The minimum atomic E-state index is -0.477. The van der Waals surface area contributed by atoms with Crippen molar-refractivity contribution < 1.29 is 19.1 Å². The van der Waals surface area contributed by atoms with Crippen molar-refractivity contribution >= 4 is 17.0 Å². The first-order chi connectivity index (χ1) is 13.0. The molecule has 0 N–H and O–H groups in total. The first-order valence-corrected chi connectivity index (χ1v) is 9.01. The second-order valence-electron chi connectivity index (χ2n) is 5.72. The van der Waals surface area contributed by atoms with Crippen molar-refractivity contribution in [2.24, 2.45) is 0 Å². The normalized spacial score (nSPS) is 10.4. The van der Waals surface area contributed by atoms with Gasteiger partial charge in [-0.25, -0.2) is 4.98 Å². The zero-order chi connectivity index (χ0) is 19.2. The lowest BCUT2D eigenvalue weighted by atomic mass is 10.2. The number of ether oxygens (including phenoxy) is 3. The van der Waals surface area contributed by atoms with Crippen molar-refractivity contribution in [2.45, 2.75) is 20.1 Å². The van der Waals surface area contributed by atoms with Gasteiger partial charge in [0.25, 0.3) is 5.69 Å². The summed E-state index contributed by atoms with van der Waals surface area (Å²) in [6.07, 6.45) is 0. The zero-order valence-electron chi connectivity index (χ0n) is 14.9. The van der Waals surface area contributed by atoms with E-state index in [1.165, 1.54) is 42.2 Å². The van der Waals surface area contributed by atoms with Crippen LogP contribution in [0.25, 0.3) is 0 Å². The van der Waals surface area contributed by atoms with Gasteiger partial charge in [0.1, 0.15) is 24.0 Å². The fourth-order valence-electron chi connectivity index (χ4n) is 2.30. The Morgan fingerprint density at radius 3 is 2.56 bits per heavy atom. The van der Waals surface area contributed by atoms with E-state index in [1.807, 2.05) is 36.6 Å². The highest BCUT2D eigenvalue weighted by molar-refractivity contribution is 7.09. The second-order valence-corrected chi connectivity index (χ2v) is 6.66. The summed E-state index contributed by atoms with van der Waals surface area (Å²) in [6, 6.07) is 12.0. The Labute approximate surface area is 160 Å². The van der Waals surface area contributed by atoms with E-state index < -0.39 is 4.92 Å². The maximum Gasteiger partial charge on any atom is 0.273 e. The summed E-state index contributed by atoms with van der Waals surface area (Å²) in [5.74, 6) is 1.52. The van der Waals surface area contributed by atoms with Crippen LogP contribution in [0, 0.1) is 17.0 Å². The fraction of sp³-hybridized carbons (Fsp3) is 0.211. The van der Waals surface area contributed by atoms with Crippen LogP contribution in [0.15, 0.2) is 47.8 Å². The summed E-state index contributed by atoms with van der Waals surface area (Å²) < 4.78 is 16.6. The molecular weight excluding hydrogens is 368 g/mol. The molecule has 140 valence electrons. The number of rotatable bonds is 8. The molecule has 0 aliphatic heterocycles. The Balaban J connectivity index is 1.60. The van der Waals surface area contributed by atoms with E-state index in [4.69, 9.17) is 14.2 Å². The number of non-ortho nitro benzene ring substituents is 1. The molecule has 8 heteroatoms. The molecule has 0 spiro atoms. The fourth-order valence-corrected chi connectivity index (χ4v) is 2.99. The first-order valence-electron chi connectivity index (χ1n) is 8.13. The molecule has 1 aromatic heterocycles. The quantitative estimate of drug-likeness (QED) is 0.418. The molecule has 0 atom stereocenters. The zero-order valence-corrected chi connectivity index (χ0v) is 15.7. The number of methoxy groups -OCH3 is 1. The van der Waals surface area contributed by atoms with Crippen molar-refractivity contribution in [3.8, 4) is 17.2 Å². The Bertz CT molecular complexity index is 924. The topological polar surface area (TPSA) is 83.7 Å². The van der Waals surface area contributed by atoms with Gasteiger partial charge in [-0.15, -0.1) is 11.3 Å². The van der Waals surface area contributed by atoms with Crippen molar-refractivity contribution in [1.82, 2.24) is 4.98 Å². The molecule has 1 heterocycles. The van der Waals surface area contributed by atoms with Crippen LogP contribution < -0.4 is 14.2 Å². The van der Waals surface area contributed by atoms with Crippen molar-refractivity contribution in [1.29, 1.82) is 0 Å². The van der Waals surface area contributed by atoms with Crippen LogP contribution in [0.2, 0.25) is 0 Å². The van der Waals surface area contributed by atoms with E-state index in [-0.39, 0.29) is 12.3 Å². The number of nitro groups is 1. The highest BCUT2D eigenvalue weighted by atomic mass is 32.1. The summed E-state index contributed by atoms with van der Waals surface area (Å²) in [6.45, 7) is 2.57. The largest absolute Gasteiger partial charge is 0.493 e. The molecule has 0 radical (unpaired) electrons. The molecular formula is C19H18N2O5S. The predicted octanol–water partition coefficient (Wildman–Crippen LogP) is 4.53. The Morgan fingerprint density at radius 1 is 1.07 bits per heavy atom. The van der Waals surface area contributed by atoms with Gasteiger partial charge < -0.3 is 14.2 Å². The number of aryl methyl sites for hydroxylation is 1.